The van der Waals surface area contributed by atoms with E-state index in [9.17, 15) is 15.0 Å². The van der Waals surface area contributed by atoms with Gasteiger partial charge in [0, 0.05) is 23.1 Å². The van der Waals surface area contributed by atoms with E-state index in [1.165, 1.54) is 4.57 Å². The SMILES string of the molecule is CSc1cccc(-c2cn([C@H]3C[C@H](O)[C@@H](CO)O3)c(=O)nc2N)c1. The number of rotatable bonds is 4. The summed E-state index contributed by atoms with van der Waals surface area (Å²) in [5.74, 6) is 0.145. The molecule has 0 bridgehead atoms. The lowest BCUT2D eigenvalue weighted by Crippen LogP contribution is -2.28. The molecule has 8 heteroatoms. The standard InChI is InChI=1S/C16H19N3O4S/c1-24-10-4-2-3-9(5-10)11-7-19(16(22)18-15(11)17)14-6-12(21)13(8-20)23-14/h2-5,7,12-14,20-21H,6,8H2,1H3,(H2,17,18,22)/t12-,13+,14+/m0/s1. The summed E-state index contributed by atoms with van der Waals surface area (Å²) < 4.78 is 6.86. The minimum Gasteiger partial charge on any atom is -0.394 e. The predicted octanol–water partition coefficient (Wildman–Crippen LogP) is 0.855. The van der Waals surface area contributed by atoms with Crippen LogP contribution in [0.3, 0.4) is 0 Å². The second-order valence-electron chi connectivity index (χ2n) is 5.58. The fraction of sp³-hybridized carbons (Fsp3) is 0.375. The summed E-state index contributed by atoms with van der Waals surface area (Å²) in [6.07, 6.45) is 1.57. The van der Waals surface area contributed by atoms with Gasteiger partial charge in [-0.05, 0) is 24.0 Å². The summed E-state index contributed by atoms with van der Waals surface area (Å²) in [6.45, 7) is -0.308. The van der Waals surface area contributed by atoms with E-state index in [1.54, 1.807) is 18.0 Å². The number of nitrogen functional groups attached to an aromatic ring is 1. The normalized spacial score (nSPS) is 23.5. The summed E-state index contributed by atoms with van der Waals surface area (Å²) in [5, 5.41) is 19.1. The first-order chi connectivity index (χ1) is 11.5. The monoisotopic (exact) mass is 349 g/mol. The Balaban J connectivity index is 2.02. The lowest BCUT2D eigenvalue weighted by Gasteiger charge is -2.16. The topological polar surface area (TPSA) is 111 Å². The Morgan fingerprint density at radius 2 is 2.29 bits per heavy atom. The van der Waals surface area contributed by atoms with Crippen LogP contribution in [0.25, 0.3) is 11.1 Å². The zero-order valence-corrected chi connectivity index (χ0v) is 13.9. The van der Waals surface area contributed by atoms with Gasteiger partial charge in [0.15, 0.2) is 0 Å². The van der Waals surface area contributed by atoms with Gasteiger partial charge in [-0.25, -0.2) is 4.79 Å². The van der Waals surface area contributed by atoms with Crippen LogP contribution in [0.1, 0.15) is 12.6 Å². The zero-order chi connectivity index (χ0) is 17.3. The van der Waals surface area contributed by atoms with E-state index in [-0.39, 0.29) is 18.8 Å². The number of nitrogens with two attached hydrogens (primary N) is 1. The van der Waals surface area contributed by atoms with Gasteiger partial charge in [0.1, 0.15) is 18.1 Å². The smallest absolute Gasteiger partial charge is 0.351 e. The second-order valence-corrected chi connectivity index (χ2v) is 6.46. The molecule has 0 saturated carbocycles. The van der Waals surface area contributed by atoms with E-state index in [0.717, 1.165) is 10.5 Å². The van der Waals surface area contributed by atoms with Crippen LogP contribution in [0.2, 0.25) is 0 Å². The van der Waals surface area contributed by atoms with Crippen molar-refractivity contribution in [2.75, 3.05) is 18.6 Å². The Morgan fingerprint density at radius 3 is 2.96 bits per heavy atom. The minimum atomic E-state index is -0.826. The average molecular weight is 349 g/mol. The maximum Gasteiger partial charge on any atom is 0.351 e. The van der Waals surface area contributed by atoms with Crippen LogP contribution in [-0.4, -0.2) is 44.8 Å². The first-order valence-electron chi connectivity index (χ1n) is 7.51. The first-order valence-corrected chi connectivity index (χ1v) is 8.73. The van der Waals surface area contributed by atoms with Crippen LogP contribution in [0.15, 0.2) is 40.2 Å². The molecule has 0 unspecified atom stereocenters. The summed E-state index contributed by atoms with van der Waals surface area (Å²) >= 11 is 1.60. The molecule has 0 amide bonds. The van der Waals surface area contributed by atoms with Crippen molar-refractivity contribution >= 4 is 17.6 Å². The van der Waals surface area contributed by atoms with E-state index in [4.69, 9.17) is 10.5 Å². The number of ether oxygens (including phenoxy) is 1. The third kappa shape index (κ3) is 3.18. The Hall–Kier alpha value is -1.87. The van der Waals surface area contributed by atoms with Crippen molar-refractivity contribution in [3.63, 3.8) is 0 Å². The number of nitrogens with zero attached hydrogens (tertiary/aromatic N) is 2. The fourth-order valence-corrected chi connectivity index (χ4v) is 3.21. The van der Waals surface area contributed by atoms with Crippen LogP contribution in [0.4, 0.5) is 5.82 Å². The highest BCUT2D eigenvalue weighted by molar-refractivity contribution is 7.98. The van der Waals surface area contributed by atoms with E-state index in [0.29, 0.717) is 5.56 Å². The van der Waals surface area contributed by atoms with Gasteiger partial charge in [-0.3, -0.25) is 4.57 Å². The van der Waals surface area contributed by atoms with Crippen molar-refractivity contribution in [2.24, 2.45) is 0 Å². The summed E-state index contributed by atoms with van der Waals surface area (Å²) in [4.78, 5) is 17.1. The van der Waals surface area contributed by atoms with Crippen molar-refractivity contribution in [3.05, 3.63) is 40.9 Å². The summed E-state index contributed by atoms with van der Waals surface area (Å²) in [6, 6.07) is 7.75. The van der Waals surface area contributed by atoms with Crippen molar-refractivity contribution in [1.29, 1.82) is 0 Å². The number of aliphatic hydroxyl groups excluding tert-OH is 2. The van der Waals surface area contributed by atoms with Gasteiger partial charge in [0.25, 0.3) is 0 Å². The molecule has 128 valence electrons. The molecule has 4 N–H and O–H groups in total. The number of benzene rings is 1. The van der Waals surface area contributed by atoms with Crippen LogP contribution in [0.5, 0.6) is 0 Å². The van der Waals surface area contributed by atoms with Gasteiger partial charge >= 0.3 is 5.69 Å². The molecular formula is C16H19N3O4S. The van der Waals surface area contributed by atoms with E-state index < -0.39 is 24.1 Å². The van der Waals surface area contributed by atoms with Crippen LogP contribution in [-0.2, 0) is 4.74 Å². The fourth-order valence-electron chi connectivity index (χ4n) is 2.75. The molecular weight excluding hydrogens is 330 g/mol. The molecule has 7 nitrogen and oxygen atoms in total. The van der Waals surface area contributed by atoms with Crippen LogP contribution < -0.4 is 11.4 Å². The molecule has 1 aromatic heterocycles. The molecule has 1 fully saturated rings. The highest BCUT2D eigenvalue weighted by Crippen LogP contribution is 2.31. The van der Waals surface area contributed by atoms with E-state index in [2.05, 4.69) is 4.98 Å². The maximum absolute atomic E-state index is 12.2. The van der Waals surface area contributed by atoms with Gasteiger partial charge in [0.05, 0.1) is 12.7 Å². The highest BCUT2D eigenvalue weighted by Gasteiger charge is 2.35. The molecule has 3 atom stereocenters. The van der Waals surface area contributed by atoms with Crippen LogP contribution in [0, 0.1) is 0 Å². The molecule has 0 aliphatic carbocycles. The zero-order valence-electron chi connectivity index (χ0n) is 13.1. The number of anilines is 1. The second kappa shape index (κ2) is 6.94. The molecule has 24 heavy (non-hydrogen) atoms. The molecule has 1 aliphatic heterocycles. The molecule has 3 rings (SSSR count). The number of aromatic nitrogens is 2. The maximum atomic E-state index is 12.2. The summed E-state index contributed by atoms with van der Waals surface area (Å²) in [5.41, 5.74) is 6.85. The quantitative estimate of drug-likeness (QED) is 0.702. The summed E-state index contributed by atoms with van der Waals surface area (Å²) in [7, 11) is 0. The molecule has 1 aromatic carbocycles. The number of thioether (sulfide) groups is 1. The van der Waals surface area contributed by atoms with Gasteiger partial charge in [-0.15, -0.1) is 11.8 Å². The van der Waals surface area contributed by atoms with E-state index in [1.807, 2.05) is 30.5 Å². The number of hydrogen-bond acceptors (Lipinski definition) is 7. The Kier molecular flexibility index (Phi) is 4.91. The molecule has 0 radical (unpaired) electrons. The number of aliphatic hydroxyl groups is 2. The highest BCUT2D eigenvalue weighted by atomic mass is 32.2. The Morgan fingerprint density at radius 1 is 1.50 bits per heavy atom. The predicted molar refractivity (Wildman–Crippen MR) is 91.7 cm³/mol. The van der Waals surface area contributed by atoms with E-state index >= 15 is 0 Å². The Bertz CT molecular complexity index is 795. The molecule has 2 heterocycles. The van der Waals surface area contributed by atoms with Crippen LogP contribution >= 0.6 is 11.8 Å². The van der Waals surface area contributed by atoms with Gasteiger partial charge in [0.2, 0.25) is 0 Å². The first kappa shape index (κ1) is 17.0. The van der Waals surface area contributed by atoms with Crippen molar-refractivity contribution in [3.8, 4) is 11.1 Å². The number of hydrogen-bond donors (Lipinski definition) is 3. The van der Waals surface area contributed by atoms with Crippen molar-refractivity contribution in [1.82, 2.24) is 9.55 Å². The van der Waals surface area contributed by atoms with Gasteiger partial charge in [-0.1, -0.05) is 12.1 Å². The van der Waals surface area contributed by atoms with Gasteiger partial charge in [-0.2, -0.15) is 4.98 Å². The third-order valence-corrected chi connectivity index (χ3v) is 4.78. The molecule has 1 saturated heterocycles. The third-order valence-electron chi connectivity index (χ3n) is 4.06. The minimum absolute atomic E-state index is 0.145. The van der Waals surface area contributed by atoms with Gasteiger partial charge < -0.3 is 20.7 Å². The van der Waals surface area contributed by atoms with Crippen molar-refractivity contribution in [2.45, 2.75) is 29.8 Å². The van der Waals surface area contributed by atoms with Crippen molar-refractivity contribution < 1.29 is 14.9 Å². The Labute approximate surface area is 143 Å². The lowest BCUT2D eigenvalue weighted by atomic mass is 10.1. The largest absolute Gasteiger partial charge is 0.394 e. The molecule has 1 aliphatic rings. The average Bonchev–Trinajstić information content (AvgIpc) is 2.95. The molecule has 0 spiro atoms. The molecule has 2 aromatic rings. The lowest BCUT2D eigenvalue weighted by molar-refractivity contribution is -0.0458.